The number of urea groups is 1. The van der Waals surface area contributed by atoms with Gasteiger partial charge in [0.25, 0.3) is 0 Å². The number of nitrogens with one attached hydrogen (secondary N) is 1. The first kappa shape index (κ1) is 18.5. The number of ether oxygens (including phenoxy) is 1. The molecule has 6 heteroatoms. The lowest BCUT2D eigenvalue weighted by molar-refractivity contribution is -0.130. The highest BCUT2D eigenvalue weighted by atomic mass is 16.5. The summed E-state index contributed by atoms with van der Waals surface area (Å²) in [5.74, 6) is 1.09. The quantitative estimate of drug-likeness (QED) is 0.897. The predicted octanol–water partition coefficient (Wildman–Crippen LogP) is 2.21. The standard InChI is InChI=1S/C20H29N3O3/c1-2-8-21-20(25)23-10-4-9-22(11-12-23)19(24)15-16-6-7-18-17(14-16)5-3-13-26-18/h6-7,14H,2-5,8-13,15H2,1H3,(H,21,25). The molecule has 2 heterocycles. The third kappa shape index (κ3) is 4.68. The molecule has 0 unspecified atom stereocenters. The molecule has 1 aromatic carbocycles. The number of nitrogens with zero attached hydrogens (tertiary/aromatic N) is 2. The van der Waals surface area contributed by atoms with Crippen LogP contribution in [0.2, 0.25) is 0 Å². The van der Waals surface area contributed by atoms with Gasteiger partial charge in [-0.3, -0.25) is 4.79 Å². The van der Waals surface area contributed by atoms with Gasteiger partial charge in [0.1, 0.15) is 5.75 Å². The molecule has 1 N–H and O–H groups in total. The summed E-state index contributed by atoms with van der Waals surface area (Å²) in [6.45, 7) is 6.13. The highest BCUT2D eigenvalue weighted by Crippen LogP contribution is 2.25. The Balaban J connectivity index is 1.54. The third-order valence-corrected chi connectivity index (χ3v) is 4.99. The van der Waals surface area contributed by atoms with Gasteiger partial charge in [-0.05, 0) is 42.9 Å². The molecular weight excluding hydrogens is 330 g/mol. The van der Waals surface area contributed by atoms with Gasteiger partial charge in [0.05, 0.1) is 13.0 Å². The number of carbonyl (C=O) groups is 2. The van der Waals surface area contributed by atoms with E-state index in [2.05, 4.69) is 11.4 Å². The second-order valence-electron chi connectivity index (χ2n) is 7.02. The SMILES string of the molecule is CCCNC(=O)N1CCCN(C(=O)Cc2ccc3c(c2)CCCO3)CC1. The predicted molar refractivity (Wildman–Crippen MR) is 100 cm³/mol. The fourth-order valence-electron chi connectivity index (χ4n) is 3.52. The van der Waals surface area contributed by atoms with E-state index in [4.69, 9.17) is 4.74 Å². The Morgan fingerprint density at radius 2 is 1.92 bits per heavy atom. The Hall–Kier alpha value is -2.24. The first-order chi connectivity index (χ1) is 12.7. The van der Waals surface area contributed by atoms with Gasteiger partial charge in [-0.2, -0.15) is 0 Å². The van der Waals surface area contributed by atoms with Crippen molar-refractivity contribution in [1.82, 2.24) is 15.1 Å². The van der Waals surface area contributed by atoms with E-state index in [1.54, 1.807) is 0 Å². The van der Waals surface area contributed by atoms with Crippen LogP contribution in [0.15, 0.2) is 18.2 Å². The number of benzene rings is 1. The zero-order chi connectivity index (χ0) is 18.4. The number of aryl methyl sites for hydroxylation is 1. The van der Waals surface area contributed by atoms with Gasteiger partial charge in [0.2, 0.25) is 5.91 Å². The highest BCUT2D eigenvalue weighted by molar-refractivity contribution is 5.79. The van der Waals surface area contributed by atoms with Gasteiger partial charge in [0.15, 0.2) is 0 Å². The largest absolute Gasteiger partial charge is 0.493 e. The average Bonchev–Trinajstić information content (AvgIpc) is 2.92. The zero-order valence-corrected chi connectivity index (χ0v) is 15.6. The topological polar surface area (TPSA) is 61.9 Å². The summed E-state index contributed by atoms with van der Waals surface area (Å²) >= 11 is 0. The van der Waals surface area contributed by atoms with Crippen LogP contribution in [0.25, 0.3) is 0 Å². The molecule has 0 aliphatic carbocycles. The van der Waals surface area contributed by atoms with Gasteiger partial charge in [-0.25, -0.2) is 4.79 Å². The van der Waals surface area contributed by atoms with E-state index in [1.807, 2.05) is 28.9 Å². The van der Waals surface area contributed by atoms with Crippen LogP contribution < -0.4 is 10.1 Å². The molecule has 1 aromatic rings. The van der Waals surface area contributed by atoms with Gasteiger partial charge >= 0.3 is 6.03 Å². The summed E-state index contributed by atoms with van der Waals surface area (Å²) in [6, 6.07) is 6.06. The smallest absolute Gasteiger partial charge is 0.317 e. The van der Waals surface area contributed by atoms with E-state index < -0.39 is 0 Å². The number of carbonyl (C=O) groups excluding carboxylic acids is 2. The van der Waals surface area contributed by atoms with E-state index in [0.717, 1.165) is 43.6 Å². The Bertz CT molecular complexity index is 647. The van der Waals surface area contributed by atoms with Crippen LogP contribution in [0, 0.1) is 0 Å². The first-order valence-electron chi connectivity index (χ1n) is 9.72. The average molecular weight is 359 g/mol. The lowest BCUT2D eigenvalue weighted by Crippen LogP contribution is -2.43. The van der Waals surface area contributed by atoms with E-state index in [-0.39, 0.29) is 11.9 Å². The van der Waals surface area contributed by atoms with Gasteiger partial charge < -0.3 is 19.9 Å². The lowest BCUT2D eigenvalue weighted by Gasteiger charge is -2.23. The minimum absolute atomic E-state index is 0.0177. The van der Waals surface area contributed by atoms with Crippen molar-refractivity contribution in [2.45, 2.75) is 39.0 Å². The van der Waals surface area contributed by atoms with Crippen LogP contribution in [0.1, 0.15) is 37.3 Å². The van der Waals surface area contributed by atoms with Crippen molar-refractivity contribution in [3.8, 4) is 5.75 Å². The molecule has 3 rings (SSSR count). The van der Waals surface area contributed by atoms with Crippen LogP contribution in [-0.2, 0) is 17.6 Å². The van der Waals surface area contributed by atoms with E-state index in [0.29, 0.717) is 39.1 Å². The third-order valence-electron chi connectivity index (χ3n) is 4.99. The van der Waals surface area contributed by atoms with Crippen molar-refractivity contribution in [2.75, 3.05) is 39.3 Å². The fraction of sp³-hybridized carbons (Fsp3) is 0.600. The normalized spacial score (nSPS) is 17.1. The zero-order valence-electron chi connectivity index (χ0n) is 15.6. The Kier molecular flexibility index (Phi) is 6.36. The number of hydrogen-bond acceptors (Lipinski definition) is 3. The summed E-state index contributed by atoms with van der Waals surface area (Å²) in [5.41, 5.74) is 2.25. The fourth-order valence-corrected chi connectivity index (χ4v) is 3.52. The van der Waals surface area contributed by atoms with Crippen molar-refractivity contribution >= 4 is 11.9 Å². The number of rotatable bonds is 4. The van der Waals surface area contributed by atoms with Crippen LogP contribution in [0.5, 0.6) is 5.75 Å². The number of hydrogen-bond donors (Lipinski definition) is 1. The first-order valence-corrected chi connectivity index (χ1v) is 9.72. The summed E-state index contributed by atoms with van der Waals surface area (Å²) in [7, 11) is 0. The minimum Gasteiger partial charge on any atom is -0.493 e. The van der Waals surface area contributed by atoms with E-state index in [1.165, 1.54) is 5.56 Å². The molecule has 3 amide bonds. The van der Waals surface area contributed by atoms with Crippen LogP contribution in [0.4, 0.5) is 4.79 Å². The van der Waals surface area contributed by atoms with Crippen LogP contribution in [0.3, 0.4) is 0 Å². The molecule has 2 aliphatic heterocycles. The summed E-state index contributed by atoms with van der Waals surface area (Å²) in [6.07, 6.45) is 4.21. The molecule has 142 valence electrons. The molecule has 26 heavy (non-hydrogen) atoms. The molecule has 1 fully saturated rings. The maximum absolute atomic E-state index is 12.7. The van der Waals surface area contributed by atoms with Crippen molar-refractivity contribution in [3.05, 3.63) is 29.3 Å². The molecule has 2 aliphatic rings. The number of amides is 3. The summed E-state index contributed by atoms with van der Waals surface area (Å²) < 4.78 is 5.64. The van der Waals surface area contributed by atoms with Crippen molar-refractivity contribution < 1.29 is 14.3 Å². The lowest BCUT2D eigenvalue weighted by atomic mass is 10.0. The molecule has 0 atom stereocenters. The van der Waals surface area contributed by atoms with Crippen LogP contribution >= 0.6 is 0 Å². The van der Waals surface area contributed by atoms with Gasteiger partial charge in [-0.15, -0.1) is 0 Å². The molecule has 0 aromatic heterocycles. The van der Waals surface area contributed by atoms with Crippen molar-refractivity contribution in [2.24, 2.45) is 0 Å². The van der Waals surface area contributed by atoms with Gasteiger partial charge in [-0.1, -0.05) is 19.1 Å². The molecule has 0 radical (unpaired) electrons. The van der Waals surface area contributed by atoms with E-state index >= 15 is 0 Å². The molecule has 0 spiro atoms. The van der Waals surface area contributed by atoms with Crippen molar-refractivity contribution in [1.29, 1.82) is 0 Å². The van der Waals surface area contributed by atoms with E-state index in [9.17, 15) is 9.59 Å². The van der Waals surface area contributed by atoms with Gasteiger partial charge in [0, 0.05) is 32.7 Å². The second kappa shape index (κ2) is 8.92. The number of fused-ring (bicyclic) bond motifs is 1. The molecule has 1 saturated heterocycles. The summed E-state index contributed by atoms with van der Waals surface area (Å²) in [5, 5.41) is 2.91. The summed E-state index contributed by atoms with van der Waals surface area (Å²) in [4.78, 5) is 28.5. The maximum Gasteiger partial charge on any atom is 0.317 e. The monoisotopic (exact) mass is 359 g/mol. The minimum atomic E-state index is -0.0177. The van der Waals surface area contributed by atoms with Crippen LogP contribution in [-0.4, -0.2) is 61.1 Å². The Morgan fingerprint density at radius 3 is 2.77 bits per heavy atom. The Morgan fingerprint density at radius 1 is 1.12 bits per heavy atom. The van der Waals surface area contributed by atoms with Crippen molar-refractivity contribution in [3.63, 3.8) is 0 Å². The highest BCUT2D eigenvalue weighted by Gasteiger charge is 2.22. The molecular formula is C20H29N3O3. The molecule has 0 saturated carbocycles. The molecule has 6 nitrogen and oxygen atoms in total. The second-order valence-corrected chi connectivity index (χ2v) is 7.02. The maximum atomic E-state index is 12.7. The molecule has 0 bridgehead atoms. The Labute approximate surface area is 155 Å².